The van der Waals surface area contributed by atoms with Gasteiger partial charge in [-0.15, -0.1) is 11.3 Å². The van der Waals surface area contributed by atoms with Crippen molar-refractivity contribution in [3.8, 4) is 0 Å². The third-order valence-corrected chi connectivity index (χ3v) is 7.04. The Morgan fingerprint density at radius 3 is 2.50 bits per heavy atom. The van der Waals surface area contributed by atoms with Crippen LogP contribution in [0.5, 0.6) is 0 Å². The van der Waals surface area contributed by atoms with Crippen LogP contribution in [0.1, 0.15) is 51.6 Å². The molecule has 8 nitrogen and oxygen atoms in total. The number of amides is 3. The molecule has 0 saturated carbocycles. The molecule has 4 rings (SSSR count). The van der Waals surface area contributed by atoms with E-state index in [2.05, 4.69) is 15.5 Å². The van der Waals surface area contributed by atoms with Crippen LogP contribution >= 0.6 is 11.3 Å². The maximum absolute atomic E-state index is 13.0. The number of nitrogens with two attached hydrogens (primary N) is 1. The standard InChI is InChI=1S/C25H28N4O4S/c1-15(2)19-11-18(27-14-30)12-20-21(23(26)31)25(34-22(19)20)28-24(32)17-5-3-16(4-6-17)13-29-7-9-33-10-8-29/h3-6,11-12,14-15H,7-10,13H2,1-2H3,(H2,26,31)(H,27,30)(H,28,32). The molecule has 3 aromatic rings. The Kier molecular flexibility index (Phi) is 7.26. The second-order valence-electron chi connectivity index (χ2n) is 8.57. The van der Waals surface area contributed by atoms with Gasteiger partial charge >= 0.3 is 0 Å². The molecule has 4 N–H and O–H groups in total. The second kappa shape index (κ2) is 10.3. The Morgan fingerprint density at radius 1 is 1.18 bits per heavy atom. The van der Waals surface area contributed by atoms with Crippen LogP contribution in [0.25, 0.3) is 10.1 Å². The lowest BCUT2D eigenvalue weighted by atomic mass is 9.99. The van der Waals surface area contributed by atoms with E-state index >= 15 is 0 Å². The van der Waals surface area contributed by atoms with Crippen molar-refractivity contribution < 1.29 is 19.1 Å². The van der Waals surface area contributed by atoms with Crippen LogP contribution in [0.15, 0.2) is 36.4 Å². The van der Waals surface area contributed by atoms with E-state index in [1.165, 1.54) is 11.3 Å². The minimum atomic E-state index is -0.639. The number of primary amides is 1. The van der Waals surface area contributed by atoms with Gasteiger partial charge in [-0.2, -0.15) is 0 Å². The summed E-state index contributed by atoms with van der Waals surface area (Å²) < 4.78 is 6.24. The molecule has 0 radical (unpaired) electrons. The van der Waals surface area contributed by atoms with E-state index in [1.54, 1.807) is 18.2 Å². The molecule has 9 heteroatoms. The first-order valence-corrected chi connectivity index (χ1v) is 12.0. The Morgan fingerprint density at radius 2 is 1.88 bits per heavy atom. The van der Waals surface area contributed by atoms with Crippen LogP contribution in [-0.4, -0.2) is 49.4 Å². The van der Waals surface area contributed by atoms with E-state index in [-0.39, 0.29) is 17.4 Å². The van der Waals surface area contributed by atoms with Crippen molar-refractivity contribution in [2.75, 3.05) is 36.9 Å². The van der Waals surface area contributed by atoms with Crippen LogP contribution < -0.4 is 16.4 Å². The highest BCUT2D eigenvalue weighted by Crippen LogP contribution is 2.41. The molecule has 2 aromatic carbocycles. The fraction of sp³-hybridized carbons (Fsp3) is 0.320. The van der Waals surface area contributed by atoms with Crippen molar-refractivity contribution in [1.82, 2.24) is 4.90 Å². The highest BCUT2D eigenvalue weighted by Gasteiger charge is 2.22. The smallest absolute Gasteiger partial charge is 0.256 e. The van der Waals surface area contributed by atoms with E-state index in [4.69, 9.17) is 10.5 Å². The van der Waals surface area contributed by atoms with Crippen LogP contribution in [-0.2, 0) is 16.1 Å². The predicted molar refractivity (Wildman–Crippen MR) is 135 cm³/mol. The molecule has 2 heterocycles. The summed E-state index contributed by atoms with van der Waals surface area (Å²) in [5, 5.41) is 6.54. The first-order valence-electron chi connectivity index (χ1n) is 11.2. The molecule has 1 aromatic heterocycles. The lowest BCUT2D eigenvalue weighted by molar-refractivity contribution is -0.105. The number of nitrogens with zero attached hydrogens (tertiary/aromatic N) is 1. The third-order valence-electron chi connectivity index (χ3n) is 5.87. The zero-order chi connectivity index (χ0) is 24.2. The molecular weight excluding hydrogens is 452 g/mol. The van der Waals surface area contributed by atoms with Gasteiger partial charge in [-0.25, -0.2) is 0 Å². The zero-order valence-electron chi connectivity index (χ0n) is 19.2. The topological polar surface area (TPSA) is 114 Å². The Balaban J connectivity index is 1.61. The van der Waals surface area contributed by atoms with E-state index < -0.39 is 5.91 Å². The molecule has 178 valence electrons. The SMILES string of the molecule is CC(C)c1cc(NC=O)cc2c(C(N)=O)c(NC(=O)c3ccc(CN4CCOCC4)cc3)sc12. The van der Waals surface area contributed by atoms with Gasteiger partial charge < -0.3 is 21.1 Å². The molecule has 0 bridgehead atoms. The van der Waals surface area contributed by atoms with E-state index in [1.807, 2.05) is 32.0 Å². The first-order chi connectivity index (χ1) is 16.4. The van der Waals surface area contributed by atoms with Crippen molar-refractivity contribution in [3.63, 3.8) is 0 Å². The van der Waals surface area contributed by atoms with Gasteiger partial charge in [0.2, 0.25) is 6.41 Å². The van der Waals surface area contributed by atoms with E-state index in [9.17, 15) is 14.4 Å². The van der Waals surface area contributed by atoms with Gasteiger partial charge in [0.15, 0.2) is 0 Å². The van der Waals surface area contributed by atoms with Gasteiger partial charge in [0.25, 0.3) is 11.8 Å². The third kappa shape index (κ3) is 5.11. The van der Waals surface area contributed by atoms with Crippen molar-refractivity contribution in [2.45, 2.75) is 26.3 Å². The average molecular weight is 481 g/mol. The molecule has 0 aliphatic carbocycles. The number of fused-ring (bicyclic) bond motifs is 1. The fourth-order valence-electron chi connectivity index (χ4n) is 4.09. The number of anilines is 2. The average Bonchev–Trinajstić information content (AvgIpc) is 3.17. The maximum Gasteiger partial charge on any atom is 0.256 e. The Bertz CT molecular complexity index is 1210. The van der Waals surface area contributed by atoms with E-state index in [0.717, 1.165) is 48.7 Å². The number of benzene rings is 2. The number of rotatable bonds is 8. The van der Waals surface area contributed by atoms with Gasteiger partial charge in [-0.1, -0.05) is 26.0 Å². The predicted octanol–water partition coefficient (Wildman–Crippen LogP) is 3.78. The molecular formula is C25H28N4O4S. The minimum Gasteiger partial charge on any atom is -0.379 e. The summed E-state index contributed by atoms with van der Waals surface area (Å²) >= 11 is 1.32. The highest BCUT2D eigenvalue weighted by atomic mass is 32.1. The van der Waals surface area contributed by atoms with Crippen LogP contribution in [0, 0.1) is 0 Å². The molecule has 0 atom stereocenters. The van der Waals surface area contributed by atoms with Crippen molar-refractivity contribution in [2.24, 2.45) is 5.73 Å². The summed E-state index contributed by atoms with van der Waals surface area (Å²) in [5.41, 5.74) is 9.10. The normalized spacial score (nSPS) is 14.3. The molecule has 3 amide bonds. The van der Waals surface area contributed by atoms with Gasteiger partial charge in [-0.05, 0) is 41.3 Å². The van der Waals surface area contributed by atoms with Gasteiger partial charge in [0.05, 0.1) is 18.8 Å². The molecule has 1 aliphatic rings. The first kappa shape index (κ1) is 23.9. The maximum atomic E-state index is 13.0. The summed E-state index contributed by atoms with van der Waals surface area (Å²) in [6.07, 6.45) is 0.590. The minimum absolute atomic E-state index is 0.137. The number of thiophene rings is 1. The van der Waals surface area contributed by atoms with Crippen molar-refractivity contribution in [3.05, 3.63) is 58.7 Å². The number of hydrogen-bond acceptors (Lipinski definition) is 6. The summed E-state index contributed by atoms with van der Waals surface area (Å²) in [6.45, 7) is 8.13. The monoisotopic (exact) mass is 480 g/mol. The molecule has 34 heavy (non-hydrogen) atoms. The molecule has 0 spiro atoms. The Labute approximate surface area is 202 Å². The van der Waals surface area contributed by atoms with Crippen LogP contribution in [0.2, 0.25) is 0 Å². The van der Waals surface area contributed by atoms with Crippen LogP contribution in [0.3, 0.4) is 0 Å². The van der Waals surface area contributed by atoms with Crippen LogP contribution in [0.4, 0.5) is 10.7 Å². The highest BCUT2D eigenvalue weighted by molar-refractivity contribution is 7.23. The summed E-state index contributed by atoms with van der Waals surface area (Å²) in [5.74, 6) is -0.817. The summed E-state index contributed by atoms with van der Waals surface area (Å²) in [4.78, 5) is 38.7. The Hall–Kier alpha value is -3.27. The molecule has 0 unspecified atom stereocenters. The van der Waals surface area contributed by atoms with Gasteiger partial charge in [0, 0.05) is 41.0 Å². The summed E-state index contributed by atoms with van der Waals surface area (Å²) in [7, 11) is 0. The largest absolute Gasteiger partial charge is 0.379 e. The van der Waals surface area contributed by atoms with Gasteiger partial charge in [0.1, 0.15) is 5.00 Å². The number of ether oxygens (including phenoxy) is 1. The number of carbonyl (C=O) groups is 3. The van der Waals surface area contributed by atoms with Gasteiger partial charge in [-0.3, -0.25) is 19.3 Å². The molecule has 1 saturated heterocycles. The van der Waals surface area contributed by atoms with Crippen molar-refractivity contribution in [1.29, 1.82) is 0 Å². The lowest BCUT2D eigenvalue weighted by Gasteiger charge is -2.26. The zero-order valence-corrected chi connectivity index (χ0v) is 20.0. The van der Waals surface area contributed by atoms with E-state index in [0.29, 0.717) is 28.0 Å². The lowest BCUT2D eigenvalue weighted by Crippen LogP contribution is -2.35. The molecule has 1 aliphatic heterocycles. The number of hydrogen-bond donors (Lipinski definition) is 3. The second-order valence-corrected chi connectivity index (χ2v) is 9.59. The molecule has 1 fully saturated rings. The van der Waals surface area contributed by atoms with Crippen molar-refractivity contribution >= 4 is 50.3 Å². The quantitative estimate of drug-likeness (QED) is 0.425. The number of carbonyl (C=O) groups excluding carboxylic acids is 3. The summed E-state index contributed by atoms with van der Waals surface area (Å²) in [6, 6.07) is 11.0. The number of morpholine rings is 1. The number of nitrogens with one attached hydrogen (secondary N) is 2. The fourth-order valence-corrected chi connectivity index (χ4v) is 5.44.